The number of nitrogens with zero attached hydrogens (tertiary/aromatic N) is 1. The molecule has 0 aromatic heterocycles. The van der Waals surface area contributed by atoms with Gasteiger partial charge in [-0.1, -0.05) is 6.08 Å². The first-order chi connectivity index (χ1) is 4.62. The Kier molecular flexibility index (Phi) is 3.75. The van der Waals surface area contributed by atoms with Gasteiger partial charge < -0.3 is 0 Å². The fourth-order valence-electron chi connectivity index (χ4n) is 0.526. The molecule has 2 nitrogen and oxygen atoms in total. The Morgan fingerprint density at radius 3 is 2.70 bits per heavy atom. The number of hydrogen-bond donors (Lipinski definition) is 1. The van der Waals surface area contributed by atoms with Gasteiger partial charge in [-0.05, 0) is 20.3 Å². The lowest BCUT2D eigenvalue weighted by atomic mass is 10.1. The van der Waals surface area contributed by atoms with Crippen LogP contribution in [0.1, 0.15) is 20.3 Å². The van der Waals surface area contributed by atoms with Crippen LogP contribution in [0.25, 0.3) is 0 Å². The maximum atomic E-state index is 8.56. The van der Waals surface area contributed by atoms with E-state index in [0.29, 0.717) is 0 Å². The largest absolute Gasteiger partial charge is 0.300 e. The maximum Gasteiger partial charge on any atom is 0.101 e. The average Bonchev–Trinajstić information content (AvgIpc) is 1.89. The SMILES string of the molecule is C=CCCNC(C)(C)C#N. The molecule has 0 aromatic carbocycles. The van der Waals surface area contributed by atoms with Crippen molar-refractivity contribution in [3.63, 3.8) is 0 Å². The Bertz CT molecular complexity index is 142. The van der Waals surface area contributed by atoms with Gasteiger partial charge in [-0.15, -0.1) is 6.58 Å². The van der Waals surface area contributed by atoms with Crippen molar-refractivity contribution in [1.29, 1.82) is 5.26 Å². The van der Waals surface area contributed by atoms with E-state index in [4.69, 9.17) is 5.26 Å². The zero-order valence-electron chi connectivity index (χ0n) is 6.65. The molecule has 0 radical (unpaired) electrons. The molecular weight excluding hydrogens is 124 g/mol. The van der Waals surface area contributed by atoms with Crippen LogP contribution in [0.2, 0.25) is 0 Å². The van der Waals surface area contributed by atoms with Crippen LogP contribution in [0.15, 0.2) is 12.7 Å². The predicted octanol–water partition coefficient (Wildman–Crippen LogP) is 1.45. The molecule has 0 fully saturated rings. The van der Waals surface area contributed by atoms with Gasteiger partial charge in [-0.25, -0.2) is 0 Å². The van der Waals surface area contributed by atoms with Crippen molar-refractivity contribution in [2.45, 2.75) is 25.8 Å². The zero-order valence-corrected chi connectivity index (χ0v) is 6.65. The lowest BCUT2D eigenvalue weighted by Crippen LogP contribution is -2.37. The summed E-state index contributed by atoms with van der Waals surface area (Å²) in [6, 6.07) is 2.15. The Balaban J connectivity index is 3.49. The van der Waals surface area contributed by atoms with Crippen molar-refractivity contribution >= 4 is 0 Å². The van der Waals surface area contributed by atoms with Gasteiger partial charge in [-0.3, -0.25) is 5.32 Å². The summed E-state index contributed by atoms with van der Waals surface area (Å²) in [6.45, 7) is 8.12. The normalized spacial score (nSPS) is 10.5. The third-order valence-corrected chi connectivity index (χ3v) is 1.19. The first-order valence-electron chi connectivity index (χ1n) is 3.39. The molecule has 0 unspecified atom stereocenters. The molecule has 0 bridgehead atoms. The molecule has 0 heterocycles. The van der Waals surface area contributed by atoms with E-state index in [-0.39, 0.29) is 0 Å². The number of nitriles is 1. The van der Waals surface area contributed by atoms with Crippen molar-refractivity contribution < 1.29 is 0 Å². The highest BCUT2D eigenvalue weighted by molar-refractivity contribution is 4.99. The fraction of sp³-hybridized carbons (Fsp3) is 0.625. The van der Waals surface area contributed by atoms with E-state index in [2.05, 4.69) is 18.0 Å². The van der Waals surface area contributed by atoms with E-state index < -0.39 is 5.54 Å². The van der Waals surface area contributed by atoms with Crippen LogP contribution in [0.3, 0.4) is 0 Å². The third-order valence-electron chi connectivity index (χ3n) is 1.19. The first kappa shape index (κ1) is 9.19. The van der Waals surface area contributed by atoms with Crippen LogP contribution in [-0.4, -0.2) is 12.1 Å². The molecule has 2 heteroatoms. The molecule has 1 N–H and O–H groups in total. The Morgan fingerprint density at radius 1 is 1.70 bits per heavy atom. The summed E-state index contributed by atoms with van der Waals surface area (Å²) in [4.78, 5) is 0. The predicted molar refractivity (Wildman–Crippen MR) is 42.5 cm³/mol. The summed E-state index contributed by atoms with van der Waals surface area (Å²) >= 11 is 0. The summed E-state index contributed by atoms with van der Waals surface area (Å²) in [7, 11) is 0. The van der Waals surface area contributed by atoms with Crippen molar-refractivity contribution in [3.8, 4) is 6.07 Å². The van der Waals surface area contributed by atoms with E-state index in [1.165, 1.54) is 0 Å². The molecule has 0 atom stereocenters. The average molecular weight is 138 g/mol. The van der Waals surface area contributed by atoms with Gasteiger partial charge in [0.1, 0.15) is 5.54 Å². The van der Waals surface area contributed by atoms with E-state index in [9.17, 15) is 0 Å². The minimum atomic E-state index is -0.400. The van der Waals surface area contributed by atoms with Crippen molar-refractivity contribution in [2.24, 2.45) is 0 Å². The summed E-state index contributed by atoms with van der Waals surface area (Å²) in [5.41, 5.74) is -0.400. The van der Waals surface area contributed by atoms with Gasteiger partial charge in [0.15, 0.2) is 0 Å². The number of nitrogens with one attached hydrogen (secondary N) is 1. The maximum absolute atomic E-state index is 8.56. The Labute approximate surface area is 62.5 Å². The lowest BCUT2D eigenvalue weighted by molar-refractivity contribution is 0.492. The zero-order chi connectivity index (χ0) is 8.04. The highest BCUT2D eigenvalue weighted by atomic mass is 14.9. The molecule has 0 spiro atoms. The molecule has 0 aliphatic carbocycles. The van der Waals surface area contributed by atoms with Gasteiger partial charge in [0, 0.05) is 6.54 Å². The molecule has 0 rings (SSSR count). The van der Waals surface area contributed by atoms with Crippen molar-refractivity contribution in [2.75, 3.05) is 6.54 Å². The molecule has 0 aromatic rings. The molecule has 0 saturated heterocycles. The van der Waals surface area contributed by atoms with Gasteiger partial charge in [-0.2, -0.15) is 5.26 Å². The van der Waals surface area contributed by atoms with E-state index >= 15 is 0 Å². The van der Waals surface area contributed by atoms with Gasteiger partial charge >= 0.3 is 0 Å². The topological polar surface area (TPSA) is 35.8 Å². The molecule has 0 amide bonds. The summed E-state index contributed by atoms with van der Waals surface area (Å²) < 4.78 is 0. The second-order valence-electron chi connectivity index (χ2n) is 2.74. The van der Waals surface area contributed by atoms with Crippen LogP contribution in [0.4, 0.5) is 0 Å². The van der Waals surface area contributed by atoms with Crippen molar-refractivity contribution in [3.05, 3.63) is 12.7 Å². The molecule has 0 aliphatic heterocycles. The molecule has 0 aliphatic rings. The monoisotopic (exact) mass is 138 g/mol. The summed E-state index contributed by atoms with van der Waals surface area (Å²) in [5, 5.41) is 11.6. The van der Waals surface area contributed by atoms with E-state index in [0.717, 1.165) is 13.0 Å². The van der Waals surface area contributed by atoms with Gasteiger partial charge in [0.2, 0.25) is 0 Å². The molecule has 10 heavy (non-hydrogen) atoms. The van der Waals surface area contributed by atoms with Crippen LogP contribution in [-0.2, 0) is 0 Å². The van der Waals surface area contributed by atoms with Crippen LogP contribution in [0.5, 0.6) is 0 Å². The van der Waals surface area contributed by atoms with Crippen LogP contribution >= 0.6 is 0 Å². The van der Waals surface area contributed by atoms with Crippen LogP contribution < -0.4 is 5.32 Å². The van der Waals surface area contributed by atoms with Crippen molar-refractivity contribution in [1.82, 2.24) is 5.32 Å². The van der Waals surface area contributed by atoms with Crippen LogP contribution in [0, 0.1) is 11.3 Å². The summed E-state index contributed by atoms with van der Waals surface area (Å²) in [5.74, 6) is 0. The minimum absolute atomic E-state index is 0.400. The summed E-state index contributed by atoms with van der Waals surface area (Å²) in [6.07, 6.45) is 2.74. The Hall–Kier alpha value is -0.810. The highest BCUT2D eigenvalue weighted by Crippen LogP contribution is 1.97. The quantitative estimate of drug-likeness (QED) is 0.471. The highest BCUT2D eigenvalue weighted by Gasteiger charge is 2.13. The third kappa shape index (κ3) is 4.11. The number of rotatable bonds is 4. The standard InChI is InChI=1S/C8H14N2/c1-4-5-6-10-8(2,3)7-9/h4,10H,1,5-6H2,2-3H3. The van der Waals surface area contributed by atoms with E-state index in [1.807, 2.05) is 19.9 Å². The van der Waals surface area contributed by atoms with Gasteiger partial charge in [0.05, 0.1) is 6.07 Å². The second-order valence-corrected chi connectivity index (χ2v) is 2.74. The molecular formula is C8H14N2. The number of hydrogen-bond acceptors (Lipinski definition) is 2. The van der Waals surface area contributed by atoms with Gasteiger partial charge in [0.25, 0.3) is 0 Å². The second kappa shape index (κ2) is 4.08. The van der Waals surface area contributed by atoms with E-state index in [1.54, 1.807) is 0 Å². The lowest BCUT2D eigenvalue weighted by Gasteiger charge is -2.16. The molecule has 56 valence electrons. The fourth-order valence-corrected chi connectivity index (χ4v) is 0.526. The smallest absolute Gasteiger partial charge is 0.101 e. The Morgan fingerprint density at radius 2 is 2.30 bits per heavy atom. The minimum Gasteiger partial charge on any atom is -0.300 e. The molecule has 0 saturated carbocycles. The first-order valence-corrected chi connectivity index (χ1v) is 3.39.